The summed E-state index contributed by atoms with van der Waals surface area (Å²) in [4.78, 5) is 12.0. The highest BCUT2D eigenvalue weighted by Crippen LogP contribution is 2.28. The van der Waals surface area contributed by atoms with E-state index >= 15 is 0 Å². The van der Waals surface area contributed by atoms with Crippen molar-refractivity contribution < 1.29 is 4.79 Å². The van der Waals surface area contributed by atoms with Crippen LogP contribution in [-0.2, 0) is 13.5 Å². The van der Waals surface area contributed by atoms with Crippen molar-refractivity contribution in [3.63, 3.8) is 0 Å². The maximum absolute atomic E-state index is 12.0. The van der Waals surface area contributed by atoms with Crippen LogP contribution in [0.4, 0.5) is 0 Å². The van der Waals surface area contributed by atoms with Crippen LogP contribution >= 0.6 is 0 Å². The van der Waals surface area contributed by atoms with Crippen molar-refractivity contribution in [1.82, 2.24) is 19.6 Å². The molecule has 0 unspecified atom stereocenters. The molecule has 0 amide bonds. The van der Waals surface area contributed by atoms with Gasteiger partial charge in [0.25, 0.3) is 0 Å². The van der Waals surface area contributed by atoms with Crippen LogP contribution in [-0.4, -0.2) is 25.3 Å². The summed E-state index contributed by atoms with van der Waals surface area (Å²) in [5.41, 5.74) is 1.35. The lowest BCUT2D eigenvalue weighted by molar-refractivity contribution is 0.0986. The second-order valence-corrected chi connectivity index (χ2v) is 5.20. The van der Waals surface area contributed by atoms with Crippen molar-refractivity contribution in [3.05, 3.63) is 35.9 Å². The lowest BCUT2D eigenvalue weighted by atomic mass is 10.2. The first kappa shape index (κ1) is 12.1. The predicted octanol–water partition coefficient (Wildman–Crippen LogP) is 2.16. The fourth-order valence-corrected chi connectivity index (χ4v) is 2.66. The Morgan fingerprint density at radius 3 is 2.74 bits per heavy atom. The molecule has 1 aliphatic rings. The van der Waals surface area contributed by atoms with Crippen LogP contribution in [0.1, 0.15) is 47.9 Å². The van der Waals surface area contributed by atoms with Gasteiger partial charge in [-0.3, -0.25) is 14.2 Å². The van der Waals surface area contributed by atoms with Gasteiger partial charge in [0.2, 0.25) is 0 Å². The highest BCUT2D eigenvalue weighted by molar-refractivity contribution is 5.95. The molecule has 1 fully saturated rings. The first-order valence-corrected chi connectivity index (χ1v) is 6.79. The Hall–Kier alpha value is -1.91. The lowest BCUT2D eigenvalue weighted by Gasteiger charge is -2.08. The molecule has 0 aromatic carbocycles. The second kappa shape index (κ2) is 4.99. The van der Waals surface area contributed by atoms with Crippen LogP contribution in [0.3, 0.4) is 0 Å². The van der Waals surface area contributed by atoms with Crippen molar-refractivity contribution in [1.29, 1.82) is 0 Å². The standard InChI is InChI=1S/C14H18N4O/c1-17-8-7-13(16-17)14(19)10-11-6-9-18(15-11)12-4-2-3-5-12/h6-9,12H,2-5,10H2,1H3. The number of carbonyl (C=O) groups is 1. The van der Waals surface area contributed by atoms with E-state index in [0.717, 1.165) is 5.69 Å². The van der Waals surface area contributed by atoms with Crippen LogP contribution in [0.2, 0.25) is 0 Å². The van der Waals surface area contributed by atoms with Gasteiger partial charge in [-0.2, -0.15) is 10.2 Å². The number of carbonyl (C=O) groups excluding carboxylic acids is 1. The summed E-state index contributed by atoms with van der Waals surface area (Å²) in [5.74, 6) is 0.0253. The third-order valence-corrected chi connectivity index (χ3v) is 3.70. The maximum atomic E-state index is 12.0. The van der Waals surface area contributed by atoms with E-state index in [4.69, 9.17) is 0 Å². The molecule has 2 aromatic rings. The third-order valence-electron chi connectivity index (χ3n) is 3.70. The Morgan fingerprint density at radius 1 is 1.26 bits per heavy atom. The van der Waals surface area contributed by atoms with E-state index in [1.165, 1.54) is 25.7 Å². The maximum Gasteiger partial charge on any atom is 0.189 e. The number of Topliss-reactive ketones (excluding diaryl/α,β-unsaturated/α-hetero) is 1. The van der Waals surface area contributed by atoms with Crippen LogP contribution in [0, 0.1) is 0 Å². The Kier molecular flexibility index (Phi) is 3.19. The summed E-state index contributed by atoms with van der Waals surface area (Å²) in [6.07, 6.45) is 9.09. The van der Waals surface area contributed by atoms with Crippen LogP contribution in [0.15, 0.2) is 24.5 Å². The average Bonchev–Trinajstić information content (AvgIpc) is 3.07. The van der Waals surface area contributed by atoms with Gasteiger partial charge in [0.15, 0.2) is 5.78 Å². The fraction of sp³-hybridized carbons (Fsp3) is 0.500. The van der Waals surface area contributed by atoms with E-state index in [9.17, 15) is 4.79 Å². The molecule has 2 aromatic heterocycles. The molecule has 2 heterocycles. The number of rotatable bonds is 4. The van der Waals surface area contributed by atoms with E-state index in [2.05, 4.69) is 10.2 Å². The minimum atomic E-state index is 0.0253. The molecule has 0 saturated heterocycles. The third kappa shape index (κ3) is 2.59. The van der Waals surface area contributed by atoms with Gasteiger partial charge in [0.1, 0.15) is 5.69 Å². The number of hydrogen-bond acceptors (Lipinski definition) is 3. The molecule has 5 nitrogen and oxygen atoms in total. The molecule has 0 atom stereocenters. The van der Waals surface area contributed by atoms with Gasteiger partial charge in [-0.1, -0.05) is 12.8 Å². The van der Waals surface area contributed by atoms with E-state index in [1.54, 1.807) is 16.9 Å². The van der Waals surface area contributed by atoms with Crippen molar-refractivity contribution in [2.24, 2.45) is 7.05 Å². The molecule has 0 N–H and O–H groups in total. The van der Waals surface area contributed by atoms with Crippen molar-refractivity contribution in [2.45, 2.75) is 38.1 Å². The molecular formula is C14H18N4O. The van der Waals surface area contributed by atoms with Crippen LogP contribution in [0.25, 0.3) is 0 Å². The molecule has 19 heavy (non-hydrogen) atoms. The topological polar surface area (TPSA) is 52.7 Å². The Morgan fingerprint density at radius 2 is 2.05 bits per heavy atom. The number of aryl methyl sites for hydroxylation is 1. The highest BCUT2D eigenvalue weighted by atomic mass is 16.1. The van der Waals surface area contributed by atoms with Gasteiger partial charge in [0, 0.05) is 19.4 Å². The molecule has 100 valence electrons. The van der Waals surface area contributed by atoms with Crippen molar-refractivity contribution >= 4 is 5.78 Å². The Balaban J connectivity index is 1.68. The number of nitrogens with zero attached hydrogens (tertiary/aromatic N) is 4. The first-order valence-electron chi connectivity index (χ1n) is 6.79. The lowest BCUT2D eigenvalue weighted by Crippen LogP contribution is -2.09. The molecule has 5 heteroatoms. The molecule has 3 rings (SSSR count). The quantitative estimate of drug-likeness (QED) is 0.790. The summed E-state index contributed by atoms with van der Waals surface area (Å²) in [6, 6.07) is 4.22. The van der Waals surface area contributed by atoms with Gasteiger partial charge < -0.3 is 0 Å². The molecular weight excluding hydrogens is 240 g/mol. The van der Waals surface area contributed by atoms with Crippen LogP contribution < -0.4 is 0 Å². The van der Waals surface area contributed by atoms with E-state index < -0.39 is 0 Å². The summed E-state index contributed by atoms with van der Waals surface area (Å²) < 4.78 is 3.67. The van der Waals surface area contributed by atoms with Gasteiger partial charge in [-0.25, -0.2) is 0 Å². The molecule has 1 aliphatic carbocycles. The molecule has 0 spiro atoms. The van der Waals surface area contributed by atoms with Gasteiger partial charge >= 0.3 is 0 Å². The van der Waals surface area contributed by atoms with E-state index in [-0.39, 0.29) is 5.78 Å². The molecule has 1 saturated carbocycles. The van der Waals surface area contributed by atoms with E-state index in [0.29, 0.717) is 18.2 Å². The number of aromatic nitrogens is 4. The number of hydrogen-bond donors (Lipinski definition) is 0. The SMILES string of the molecule is Cn1ccc(C(=O)Cc2ccn(C3CCCC3)n2)n1. The van der Waals surface area contributed by atoms with Gasteiger partial charge in [-0.15, -0.1) is 0 Å². The van der Waals surface area contributed by atoms with E-state index in [1.807, 2.05) is 24.0 Å². The first-order chi connectivity index (χ1) is 9.22. The second-order valence-electron chi connectivity index (χ2n) is 5.20. The normalized spacial score (nSPS) is 16.1. The molecule has 0 radical (unpaired) electrons. The van der Waals surface area contributed by atoms with Crippen molar-refractivity contribution in [3.8, 4) is 0 Å². The zero-order valence-electron chi connectivity index (χ0n) is 11.1. The highest BCUT2D eigenvalue weighted by Gasteiger charge is 2.18. The summed E-state index contributed by atoms with van der Waals surface area (Å²) in [5, 5.41) is 8.65. The van der Waals surface area contributed by atoms with Crippen molar-refractivity contribution in [2.75, 3.05) is 0 Å². The minimum absolute atomic E-state index is 0.0253. The monoisotopic (exact) mass is 258 g/mol. The predicted molar refractivity (Wildman–Crippen MR) is 71.0 cm³/mol. The zero-order chi connectivity index (χ0) is 13.2. The zero-order valence-corrected chi connectivity index (χ0v) is 11.1. The van der Waals surface area contributed by atoms with Gasteiger partial charge in [0.05, 0.1) is 18.2 Å². The molecule has 0 bridgehead atoms. The summed E-state index contributed by atoms with van der Waals surface area (Å²) in [6.45, 7) is 0. The smallest absolute Gasteiger partial charge is 0.189 e. The van der Waals surface area contributed by atoms with Crippen LogP contribution in [0.5, 0.6) is 0 Å². The average molecular weight is 258 g/mol. The summed E-state index contributed by atoms with van der Waals surface area (Å²) >= 11 is 0. The number of ketones is 1. The Labute approximate surface area is 112 Å². The Bertz CT molecular complexity index is 578. The fourth-order valence-electron chi connectivity index (χ4n) is 2.66. The largest absolute Gasteiger partial charge is 0.292 e. The molecule has 0 aliphatic heterocycles. The minimum Gasteiger partial charge on any atom is -0.292 e. The summed E-state index contributed by atoms with van der Waals surface area (Å²) in [7, 11) is 1.81. The van der Waals surface area contributed by atoms with Gasteiger partial charge in [-0.05, 0) is 25.0 Å².